The van der Waals surface area contributed by atoms with Crippen LogP contribution in [0.5, 0.6) is 0 Å². The second-order valence-electron chi connectivity index (χ2n) is 11.5. The molecule has 2 aliphatic heterocycles. The van der Waals surface area contributed by atoms with Crippen molar-refractivity contribution in [1.29, 1.82) is 0 Å². The molecule has 3 fully saturated rings. The summed E-state index contributed by atoms with van der Waals surface area (Å²) in [6.45, 7) is 1.47. The molecule has 1 atom stereocenters. The molecule has 1 unspecified atom stereocenters. The number of carbonyl (C=O) groups excluding carboxylic acids is 2. The molecular weight excluding hydrogens is 563 g/mol. The first kappa shape index (κ1) is 28.8. The lowest BCUT2D eigenvalue weighted by Crippen LogP contribution is -2.42. The molecule has 0 bridgehead atoms. The summed E-state index contributed by atoms with van der Waals surface area (Å²) < 4.78 is 42.8. The fraction of sp³-hybridized carbons (Fsp3) is 0.419. The summed E-state index contributed by atoms with van der Waals surface area (Å²) >= 11 is 0. The molecular formula is C31H32F3N5O4. The van der Waals surface area contributed by atoms with Gasteiger partial charge in [0.2, 0.25) is 0 Å². The number of hydrogen-bond acceptors (Lipinski definition) is 4. The number of carboxylic acids is 1. The lowest BCUT2D eigenvalue weighted by molar-refractivity contribution is -0.138. The van der Waals surface area contributed by atoms with E-state index in [-0.39, 0.29) is 53.2 Å². The van der Waals surface area contributed by atoms with Gasteiger partial charge >= 0.3 is 18.2 Å². The van der Waals surface area contributed by atoms with Gasteiger partial charge in [-0.15, -0.1) is 0 Å². The van der Waals surface area contributed by atoms with Gasteiger partial charge in [0.05, 0.1) is 40.3 Å². The quantitative estimate of drug-likeness (QED) is 0.365. The Morgan fingerprint density at radius 1 is 0.837 bits per heavy atom. The summed E-state index contributed by atoms with van der Waals surface area (Å²) in [5.74, 6) is -1.50. The van der Waals surface area contributed by atoms with Crippen molar-refractivity contribution in [1.82, 2.24) is 19.6 Å². The highest BCUT2D eigenvalue weighted by Crippen LogP contribution is 2.44. The zero-order valence-corrected chi connectivity index (χ0v) is 23.4. The van der Waals surface area contributed by atoms with E-state index in [9.17, 15) is 32.7 Å². The highest BCUT2D eigenvalue weighted by molar-refractivity contribution is 6.00. The Labute approximate surface area is 246 Å². The molecule has 9 nitrogen and oxygen atoms in total. The molecule has 1 saturated carbocycles. The number of rotatable bonds is 6. The van der Waals surface area contributed by atoms with Crippen molar-refractivity contribution in [3.05, 3.63) is 82.7 Å². The van der Waals surface area contributed by atoms with Crippen LogP contribution < -0.4 is 5.32 Å². The third-order valence-electron chi connectivity index (χ3n) is 8.71. The van der Waals surface area contributed by atoms with E-state index in [1.165, 1.54) is 18.2 Å². The van der Waals surface area contributed by atoms with Crippen LogP contribution in [0.15, 0.2) is 54.7 Å². The summed E-state index contributed by atoms with van der Waals surface area (Å²) in [5.41, 5.74) is 1.22. The highest BCUT2D eigenvalue weighted by Gasteiger charge is 2.40. The van der Waals surface area contributed by atoms with Gasteiger partial charge in [0.15, 0.2) is 0 Å². The number of para-hydroxylation sites is 1. The van der Waals surface area contributed by atoms with Gasteiger partial charge in [-0.25, -0.2) is 9.59 Å². The lowest BCUT2D eigenvalue weighted by atomic mass is 9.93. The Hall–Kier alpha value is -4.35. The number of urea groups is 1. The Morgan fingerprint density at radius 3 is 2.21 bits per heavy atom. The van der Waals surface area contributed by atoms with Crippen LogP contribution >= 0.6 is 0 Å². The van der Waals surface area contributed by atoms with E-state index in [1.807, 2.05) is 4.68 Å². The van der Waals surface area contributed by atoms with Crippen molar-refractivity contribution in [3.63, 3.8) is 0 Å². The molecule has 43 heavy (non-hydrogen) atoms. The number of amides is 3. The normalized spacial score (nSPS) is 19.5. The van der Waals surface area contributed by atoms with E-state index in [4.69, 9.17) is 0 Å². The number of hydrogen-bond donors (Lipinski definition) is 2. The SMILES string of the molecule is O=C(O)c1ccccc1NC(=O)N1CCC(n2ncc(C(=O)N3CCC(c4ccccc4C(F)(F)F)C3)c2C2CC2)CC1. The van der Waals surface area contributed by atoms with E-state index < -0.39 is 17.7 Å². The van der Waals surface area contributed by atoms with Crippen LogP contribution in [0.3, 0.4) is 0 Å². The number of halogens is 3. The minimum absolute atomic E-state index is 0.0161. The monoisotopic (exact) mass is 595 g/mol. The van der Waals surface area contributed by atoms with Crippen LogP contribution in [0.2, 0.25) is 0 Å². The maximum atomic E-state index is 13.7. The predicted molar refractivity (Wildman–Crippen MR) is 151 cm³/mol. The Morgan fingerprint density at radius 2 is 1.51 bits per heavy atom. The Kier molecular flexibility index (Phi) is 7.61. The number of aromatic carboxylic acids is 1. The molecule has 0 radical (unpaired) electrons. The van der Waals surface area contributed by atoms with Crippen molar-refractivity contribution in [2.45, 2.75) is 56.2 Å². The number of alkyl halides is 3. The third-order valence-corrected chi connectivity index (χ3v) is 8.71. The summed E-state index contributed by atoms with van der Waals surface area (Å²) in [7, 11) is 0. The maximum Gasteiger partial charge on any atom is 0.416 e. The molecule has 2 saturated heterocycles. The summed E-state index contributed by atoms with van der Waals surface area (Å²) in [5, 5.41) is 16.7. The van der Waals surface area contributed by atoms with Gasteiger partial charge in [0.1, 0.15) is 0 Å². The molecule has 3 aromatic rings. The number of carbonyl (C=O) groups is 3. The molecule has 1 aliphatic carbocycles. The number of nitrogens with one attached hydrogen (secondary N) is 1. The van der Waals surface area contributed by atoms with Gasteiger partial charge in [-0.3, -0.25) is 9.48 Å². The van der Waals surface area contributed by atoms with Crippen molar-refractivity contribution >= 4 is 23.6 Å². The second-order valence-corrected chi connectivity index (χ2v) is 11.5. The first-order valence-electron chi connectivity index (χ1n) is 14.5. The largest absolute Gasteiger partial charge is 0.478 e. The minimum atomic E-state index is -4.45. The number of carboxylic acid groups (broad SMARTS) is 1. The smallest absolute Gasteiger partial charge is 0.416 e. The molecule has 12 heteroatoms. The van der Waals surface area contributed by atoms with E-state index in [0.717, 1.165) is 24.6 Å². The molecule has 1 aromatic heterocycles. The third kappa shape index (κ3) is 5.82. The first-order chi connectivity index (χ1) is 20.6. The summed E-state index contributed by atoms with van der Waals surface area (Å²) in [4.78, 5) is 41.4. The van der Waals surface area contributed by atoms with E-state index in [2.05, 4.69) is 10.4 Å². The predicted octanol–water partition coefficient (Wildman–Crippen LogP) is 5.98. The maximum absolute atomic E-state index is 13.7. The van der Waals surface area contributed by atoms with Gasteiger partial charge in [-0.1, -0.05) is 30.3 Å². The zero-order chi connectivity index (χ0) is 30.3. The van der Waals surface area contributed by atoms with Crippen LogP contribution in [0.25, 0.3) is 0 Å². The number of piperidine rings is 1. The Bertz CT molecular complexity index is 1540. The van der Waals surface area contributed by atoms with Crippen molar-refractivity contribution < 1.29 is 32.7 Å². The minimum Gasteiger partial charge on any atom is -0.478 e. The average molecular weight is 596 g/mol. The molecule has 3 amide bonds. The van der Waals surface area contributed by atoms with Crippen molar-refractivity contribution in [2.75, 3.05) is 31.5 Å². The molecule has 226 valence electrons. The second kappa shape index (κ2) is 11.4. The highest BCUT2D eigenvalue weighted by atomic mass is 19.4. The van der Waals surface area contributed by atoms with Crippen LogP contribution in [0.1, 0.15) is 87.5 Å². The molecule has 2 aromatic carbocycles. The standard InChI is InChI=1S/C31H32F3N5O4/c32-31(33,34)25-7-3-1-5-22(25)20-11-14-38(18-20)28(40)24-17-35-39(27(24)19-9-10-19)21-12-15-37(16-13-21)30(43)36-26-8-4-2-6-23(26)29(41)42/h1-8,17,19-21H,9-16,18H2,(H,36,43)(H,41,42). The molecule has 2 N–H and O–H groups in total. The van der Waals surface area contributed by atoms with E-state index in [1.54, 1.807) is 40.3 Å². The number of anilines is 1. The number of nitrogens with zero attached hydrogens (tertiary/aromatic N) is 4. The first-order valence-corrected chi connectivity index (χ1v) is 14.5. The van der Waals surface area contributed by atoms with Gasteiger partial charge in [0.25, 0.3) is 5.91 Å². The topological polar surface area (TPSA) is 108 Å². The zero-order valence-electron chi connectivity index (χ0n) is 23.4. The van der Waals surface area contributed by atoms with E-state index >= 15 is 0 Å². The fourth-order valence-corrected chi connectivity index (χ4v) is 6.36. The van der Waals surface area contributed by atoms with Crippen molar-refractivity contribution in [3.8, 4) is 0 Å². The van der Waals surface area contributed by atoms with Gasteiger partial charge in [0, 0.05) is 38.0 Å². The molecule has 3 heterocycles. The Balaban J connectivity index is 1.13. The summed E-state index contributed by atoms with van der Waals surface area (Å²) in [6.07, 6.45) is 0.716. The average Bonchev–Trinajstić information content (AvgIpc) is 3.54. The number of likely N-dealkylation sites (tertiary alicyclic amines) is 2. The lowest BCUT2D eigenvalue weighted by Gasteiger charge is -2.33. The van der Waals surface area contributed by atoms with E-state index in [0.29, 0.717) is 44.5 Å². The molecule has 0 spiro atoms. The number of aromatic nitrogens is 2. The van der Waals surface area contributed by atoms with Crippen LogP contribution in [0, 0.1) is 0 Å². The molecule has 3 aliphatic rings. The molecule has 6 rings (SSSR count). The van der Waals surface area contributed by atoms with Crippen LogP contribution in [0.4, 0.5) is 23.7 Å². The van der Waals surface area contributed by atoms with Gasteiger partial charge in [-0.2, -0.15) is 18.3 Å². The van der Waals surface area contributed by atoms with Crippen LogP contribution in [-0.2, 0) is 6.18 Å². The van der Waals surface area contributed by atoms with Gasteiger partial charge in [-0.05, 0) is 55.9 Å². The number of benzene rings is 2. The summed E-state index contributed by atoms with van der Waals surface area (Å²) in [6, 6.07) is 11.4. The van der Waals surface area contributed by atoms with Gasteiger partial charge < -0.3 is 20.2 Å². The fourth-order valence-electron chi connectivity index (χ4n) is 6.36. The van der Waals surface area contributed by atoms with Crippen LogP contribution in [-0.4, -0.2) is 68.8 Å². The van der Waals surface area contributed by atoms with Crippen molar-refractivity contribution in [2.24, 2.45) is 0 Å².